The van der Waals surface area contributed by atoms with Gasteiger partial charge in [0, 0.05) is 31.1 Å². The second-order valence-corrected chi connectivity index (χ2v) is 6.35. The molecule has 1 aliphatic carbocycles. The molecule has 21 heavy (non-hydrogen) atoms. The predicted octanol–water partition coefficient (Wildman–Crippen LogP) is 4.69. The molecule has 0 radical (unpaired) electrons. The normalized spacial score (nSPS) is 22.3. The summed E-state index contributed by atoms with van der Waals surface area (Å²) < 4.78 is 0. The van der Waals surface area contributed by atoms with Crippen LogP contribution in [0.25, 0.3) is 0 Å². The molecule has 0 spiro atoms. The van der Waals surface area contributed by atoms with Crippen molar-refractivity contribution in [1.29, 1.82) is 0 Å². The van der Waals surface area contributed by atoms with Crippen LogP contribution >= 0.6 is 0 Å². The molecule has 1 aromatic rings. The van der Waals surface area contributed by atoms with Crippen molar-refractivity contribution >= 4 is 11.5 Å². The highest BCUT2D eigenvalue weighted by molar-refractivity contribution is 5.82. The fraction of sp³-hybridized carbons (Fsp3) is 0.632. The Kier molecular flexibility index (Phi) is 6.28. The average Bonchev–Trinajstić information content (AvgIpc) is 2.54. The summed E-state index contributed by atoms with van der Waals surface area (Å²) in [5.74, 6) is 1.47. The summed E-state index contributed by atoms with van der Waals surface area (Å²) in [6, 6.07) is 10.6. The number of anilines is 1. The zero-order valence-corrected chi connectivity index (χ0v) is 13.6. The maximum atomic E-state index is 12.3. The van der Waals surface area contributed by atoms with Gasteiger partial charge in [-0.3, -0.25) is 4.79 Å². The Morgan fingerprint density at radius 2 is 1.95 bits per heavy atom. The summed E-state index contributed by atoms with van der Waals surface area (Å²) in [5, 5.41) is 0. The second kappa shape index (κ2) is 8.21. The molecule has 0 heterocycles. The predicted molar refractivity (Wildman–Crippen MR) is 89.7 cm³/mol. The third kappa shape index (κ3) is 4.59. The van der Waals surface area contributed by atoms with Gasteiger partial charge in [-0.2, -0.15) is 0 Å². The summed E-state index contributed by atoms with van der Waals surface area (Å²) in [6.07, 6.45) is 6.58. The molecule has 0 amide bonds. The van der Waals surface area contributed by atoms with Crippen molar-refractivity contribution in [2.75, 3.05) is 18.0 Å². The first kappa shape index (κ1) is 16.1. The minimum atomic E-state index is 0.237. The number of unbranched alkanes of at least 4 members (excludes halogenated alkanes) is 1. The summed E-state index contributed by atoms with van der Waals surface area (Å²) in [6.45, 7) is 6.44. The van der Waals surface area contributed by atoms with Crippen molar-refractivity contribution in [2.45, 2.75) is 52.4 Å². The Balaban J connectivity index is 2.05. The fourth-order valence-electron chi connectivity index (χ4n) is 3.33. The van der Waals surface area contributed by atoms with Crippen LogP contribution in [0.5, 0.6) is 0 Å². The first-order valence-electron chi connectivity index (χ1n) is 8.57. The van der Waals surface area contributed by atoms with E-state index in [2.05, 4.69) is 49.1 Å². The number of hydrogen-bond donors (Lipinski definition) is 0. The van der Waals surface area contributed by atoms with E-state index in [0.717, 1.165) is 38.3 Å². The molecule has 2 atom stereocenters. The molecule has 116 valence electrons. The first-order chi connectivity index (χ1) is 10.2. The topological polar surface area (TPSA) is 20.3 Å². The van der Waals surface area contributed by atoms with E-state index in [4.69, 9.17) is 0 Å². The lowest BCUT2D eigenvalue weighted by molar-refractivity contribution is -0.125. The molecule has 1 aliphatic rings. The van der Waals surface area contributed by atoms with Crippen LogP contribution in [0.2, 0.25) is 0 Å². The lowest BCUT2D eigenvalue weighted by Crippen LogP contribution is -2.37. The third-order valence-electron chi connectivity index (χ3n) is 4.79. The Bertz CT molecular complexity index is 428. The molecule has 0 N–H and O–H groups in total. The standard InChI is InChI=1S/C19H29NO/c1-3-5-13-20(18-9-7-6-8-10-18)15-17-14-16(4-2)11-12-19(17)21/h6-10,16-17H,3-5,11-15H2,1-2H3. The molecule has 2 heteroatoms. The van der Waals surface area contributed by atoms with Gasteiger partial charge in [0.1, 0.15) is 5.78 Å². The van der Waals surface area contributed by atoms with Gasteiger partial charge in [0.05, 0.1) is 0 Å². The van der Waals surface area contributed by atoms with Gasteiger partial charge in [-0.1, -0.05) is 44.9 Å². The number of rotatable bonds is 7. The van der Waals surface area contributed by atoms with Gasteiger partial charge < -0.3 is 4.90 Å². The highest BCUT2D eigenvalue weighted by atomic mass is 16.1. The smallest absolute Gasteiger partial charge is 0.137 e. The van der Waals surface area contributed by atoms with Crippen LogP contribution < -0.4 is 4.90 Å². The van der Waals surface area contributed by atoms with Crippen molar-refractivity contribution in [2.24, 2.45) is 11.8 Å². The molecular formula is C19H29NO. The summed E-state index contributed by atoms with van der Waals surface area (Å²) in [7, 11) is 0. The van der Waals surface area contributed by atoms with Crippen LogP contribution in [0.4, 0.5) is 5.69 Å². The van der Waals surface area contributed by atoms with Gasteiger partial charge >= 0.3 is 0 Å². The summed E-state index contributed by atoms with van der Waals surface area (Å²) in [5.41, 5.74) is 1.26. The van der Waals surface area contributed by atoms with E-state index in [1.807, 2.05) is 0 Å². The summed E-state index contributed by atoms with van der Waals surface area (Å²) >= 11 is 0. The number of para-hydroxylation sites is 1. The number of hydrogen-bond acceptors (Lipinski definition) is 2. The molecular weight excluding hydrogens is 258 g/mol. The van der Waals surface area contributed by atoms with Crippen LogP contribution in [0.15, 0.2) is 30.3 Å². The first-order valence-corrected chi connectivity index (χ1v) is 8.57. The van der Waals surface area contributed by atoms with E-state index in [-0.39, 0.29) is 5.92 Å². The van der Waals surface area contributed by atoms with Crippen LogP contribution in [0.1, 0.15) is 52.4 Å². The molecule has 0 aliphatic heterocycles. The van der Waals surface area contributed by atoms with Gasteiger partial charge in [0.25, 0.3) is 0 Å². The SMILES string of the molecule is CCCCN(CC1CC(CC)CCC1=O)c1ccccc1. The van der Waals surface area contributed by atoms with Gasteiger partial charge in [-0.15, -0.1) is 0 Å². The van der Waals surface area contributed by atoms with E-state index < -0.39 is 0 Å². The lowest BCUT2D eigenvalue weighted by atomic mass is 9.79. The van der Waals surface area contributed by atoms with Crippen LogP contribution in [-0.2, 0) is 4.79 Å². The molecule has 1 fully saturated rings. The Morgan fingerprint density at radius 3 is 2.62 bits per heavy atom. The molecule has 0 aromatic heterocycles. The number of benzene rings is 1. The lowest BCUT2D eigenvalue weighted by Gasteiger charge is -2.33. The van der Waals surface area contributed by atoms with E-state index in [1.54, 1.807) is 0 Å². The second-order valence-electron chi connectivity index (χ2n) is 6.35. The van der Waals surface area contributed by atoms with Crippen molar-refractivity contribution in [3.8, 4) is 0 Å². The maximum absolute atomic E-state index is 12.3. The molecule has 2 nitrogen and oxygen atoms in total. The van der Waals surface area contributed by atoms with Gasteiger partial charge in [0.2, 0.25) is 0 Å². The van der Waals surface area contributed by atoms with Crippen LogP contribution in [-0.4, -0.2) is 18.9 Å². The largest absolute Gasteiger partial charge is 0.371 e. The molecule has 0 saturated heterocycles. The van der Waals surface area contributed by atoms with E-state index in [1.165, 1.54) is 24.9 Å². The number of Topliss-reactive ketones (excluding diaryl/α,β-unsaturated/α-hetero) is 1. The maximum Gasteiger partial charge on any atom is 0.137 e. The number of carbonyl (C=O) groups is 1. The third-order valence-corrected chi connectivity index (χ3v) is 4.79. The molecule has 2 unspecified atom stereocenters. The van der Waals surface area contributed by atoms with Crippen molar-refractivity contribution in [3.05, 3.63) is 30.3 Å². The van der Waals surface area contributed by atoms with E-state index in [0.29, 0.717) is 5.78 Å². The minimum absolute atomic E-state index is 0.237. The van der Waals surface area contributed by atoms with Crippen LogP contribution in [0, 0.1) is 11.8 Å². The summed E-state index contributed by atoms with van der Waals surface area (Å²) in [4.78, 5) is 14.7. The average molecular weight is 287 g/mol. The quantitative estimate of drug-likeness (QED) is 0.725. The van der Waals surface area contributed by atoms with Gasteiger partial charge in [0.15, 0.2) is 0 Å². The number of ketones is 1. The van der Waals surface area contributed by atoms with Crippen molar-refractivity contribution in [1.82, 2.24) is 0 Å². The van der Waals surface area contributed by atoms with Crippen molar-refractivity contribution < 1.29 is 4.79 Å². The Labute approximate surface area is 129 Å². The zero-order valence-electron chi connectivity index (χ0n) is 13.6. The monoisotopic (exact) mass is 287 g/mol. The highest BCUT2D eigenvalue weighted by Crippen LogP contribution is 2.30. The van der Waals surface area contributed by atoms with E-state index >= 15 is 0 Å². The number of carbonyl (C=O) groups excluding carboxylic acids is 1. The molecule has 2 rings (SSSR count). The molecule has 1 saturated carbocycles. The Hall–Kier alpha value is -1.31. The Morgan fingerprint density at radius 1 is 1.19 bits per heavy atom. The van der Waals surface area contributed by atoms with Gasteiger partial charge in [-0.25, -0.2) is 0 Å². The molecule has 1 aromatic carbocycles. The fourth-order valence-corrected chi connectivity index (χ4v) is 3.33. The minimum Gasteiger partial charge on any atom is -0.371 e. The van der Waals surface area contributed by atoms with Crippen molar-refractivity contribution in [3.63, 3.8) is 0 Å². The van der Waals surface area contributed by atoms with Gasteiger partial charge in [-0.05, 0) is 37.3 Å². The number of nitrogens with zero attached hydrogens (tertiary/aromatic N) is 1. The zero-order chi connectivity index (χ0) is 15.1. The van der Waals surface area contributed by atoms with Crippen LogP contribution in [0.3, 0.4) is 0 Å². The molecule has 0 bridgehead atoms. The highest BCUT2D eigenvalue weighted by Gasteiger charge is 2.29. The van der Waals surface area contributed by atoms with E-state index in [9.17, 15) is 4.79 Å².